The molecule has 1 saturated heterocycles. The molecule has 2 atom stereocenters. The normalized spacial score (nSPS) is 23.4. The van der Waals surface area contributed by atoms with Crippen LogP contribution in [0.25, 0.3) is 0 Å². The van der Waals surface area contributed by atoms with E-state index in [1.165, 1.54) is 12.0 Å². The van der Waals surface area contributed by atoms with Gasteiger partial charge in [-0.25, -0.2) is 9.59 Å². The molecule has 104 valence electrons. The van der Waals surface area contributed by atoms with Crippen molar-refractivity contribution in [3.05, 3.63) is 0 Å². The predicted molar refractivity (Wildman–Crippen MR) is 65.5 cm³/mol. The Morgan fingerprint density at radius 2 is 2.17 bits per heavy atom. The monoisotopic (exact) mass is 259 g/mol. The highest BCUT2D eigenvalue weighted by molar-refractivity contribution is 5.83. The minimum Gasteiger partial charge on any atom is -0.480 e. The first-order valence-electron chi connectivity index (χ1n) is 5.90. The number of nitrogens with one attached hydrogen (secondary N) is 1. The van der Waals surface area contributed by atoms with Crippen LogP contribution in [0.5, 0.6) is 0 Å². The lowest BCUT2D eigenvalue weighted by Gasteiger charge is -2.22. The summed E-state index contributed by atoms with van der Waals surface area (Å²) >= 11 is 0. The average Bonchev–Trinajstić information content (AvgIpc) is 2.72. The number of rotatable bonds is 5. The third-order valence-electron chi connectivity index (χ3n) is 2.98. The number of carboxylic acid groups (broad SMARTS) is 1. The van der Waals surface area contributed by atoms with Gasteiger partial charge >= 0.3 is 12.0 Å². The van der Waals surface area contributed by atoms with Gasteiger partial charge in [-0.2, -0.15) is 0 Å². The average molecular weight is 259 g/mol. The van der Waals surface area contributed by atoms with Crippen molar-refractivity contribution in [1.82, 2.24) is 15.1 Å². The molecule has 1 fully saturated rings. The van der Waals surface area contributed by atoms with Crippen LogP contribution in [-0.4, -0.2) is 79.9 Å². The fraction of sp³-hybridized carbons (Fsp3) is 0.818. The molecule has 1 rings (SSSR count). The van der Waals surface area contributed by atoms with E-state index in [2.05, 4.69) is 5.32 Å². The lowest BCUT2D eigenvalue weighted by Crippen LogP contribution is -2.47. The molecule has 0 aliphatic carbocycles. The summed E-state index contributed by atoms with van der Waals surface area (Å²) in [5.74, 6) is -0.989. The van der Waals surface area contributed by atoms with Crippen LogP contribution in [0.4, 0.5) is 4.79 Å². The Kier molecular flexibility index (Phi) is 5.36. The molecule has 1 aliphatic heterocycles. The predicted octanol–water partition coefficient (Wildman–Crippen LogP) is -0.568. The topological polar surface area (TPSA) is 82.1 Å². The Hall–Kier alpha value is -1.34. The van der Waals surface area contributed by atoms with Crippen LogP contribution >= 0.6 is 0 Å². The van der Waals surface area contributed by atoms with Gasteiger partial charge in [-0.15, -0.1) is 0 Å². The second kappa shape index (κ2) is 6.55. The standard InChI is InChI=1S/C11H21N3O4/c1-13(2)5-4-12-11(17)14-7-8(18-3)6-9(14)10(15)16/h8-9H,4-7H2,1-3H3,(H,12,17)(H,15,16). The first-order chi connectivity index (χ1) is 8.45. The largest absolute Gasteiger partial charge is 0.480 e. The van der Waals surface area contributed by atoms with Crippen molar-refractivity contribution >= 4 is 12.0 Å². The number of carbonyl (C=O) groups excluding carboxylic acids is 1. The number of methoxy groups -OCH3 is 1. The minimum absolute atomic E-state index is 0.203. The number of amides is 2. The number of hydrogen-bond donors (Lipinski definition) is 2. The molecule has 7 heteroatoms. The summed E-state index contributed by atoms with van der Waals surface area (Å²) in [5, 5.41) is 11.8. The van der Waals surface area contributed by atoms with E-state index in [1.54, 1.807) is 0 Å². The summed E-state index contributed by atoms with van der Waals surface area (Å²) in [6.45, 7) is 1.53. The molecule has 1 heterocycles. The molecule has 1 aliphatic rings. The molecule has 2 amide bonds. The number of likely N-dealkylation sites (tertiary alicyclic amines) is 1. The molecule has 0 aromatic carbocycles. The summed E-state index contributed by atoms with van der Waals surface area (Å²) < 4.78 is 5.12. The van der Waals surface area contributed by atoms with Crippen LogP contribution < -0.4 is 5.32 Å². The number of likely N-dealkylation sites (N-methyl/N-ethyl adjacent to an activating group) is 1. The quantitative estimate of drug-likeness (QED) is 0.691. The zero-order valence-electron chi connectivity index (χ0n) is 11.0. The molecular formula is C11H21N3O4. The van der Waals surface area contributed by atoms with Gasteiger partial charge in [-0.3, -0.25) is 0 Å². The maximum atomic E-state index is 11.9. The second-order valence-corrected chi connectivity index (χ2v) is 4.64. The van der Waals surface area contributed by atoms with Crippen molar-refractivity contribution in [3.8, 4) is 0 Å². The highest BCUT2D eigenvalue weighted by Crippen LogP contribution is 2.20. The number of aliphatic carboxylic acids is 1. The van der Waals surface area contributed by atoms with Crippen LogP contribution in [0, 0.1) is 0 Å². The first kappa shape index (κ1) is 14.7. The van der Waals surface area contributed by atoms with Crippen LogP contribution in [-0.2, 0) is 9.53 Å². The van der Waals surface area contributed by atoms with Crippen molar-refractivity contribution in [1.29, 1.82) is 0 Å². The van der Waals surface area contributed by atoms with Gasteiger partial charge in [-0.05, 0) is 14.1 Å². The maximum Gasteiger partial charge on any atom is 0.326 e. The fourth-order valence-electron chi connectivity index (χ4n) is 1.91. The Labute approximate surface area is 107 Å². The summed E-state index contributed by atoms with van der Waals surface area (Å²) in [5.41, 5.74) is 0. The van der Waals surface area contributed by atoms with Crippen LogP contribution in [0.2, 0.25) is 0 Å². The Morgan fingerprint density at radius 1 is 1.50 bits per heavy atom. The van der Waals surface area contributed by atoms with Gasteiger partial charge in [0.2, 0.25) is 0 Å². The fourth-order valence-corrected chi connectivity index (χ4v) is 1.91. The summed E-state index contributed by atoms with van der Waals surface area (Å²) in [7, 11) is 5.34. The van der Waals surface area contributed by atoms with Crippen LogP contribution in [0.3, 0.4) is 0 Å². The number of hydrogen-bond acceptors (Lipinski definition) is 4. The molecule has 0 spiro atoms. The SMILES string of the molecule is COC1CC(C(=O)O)N(C(=O)NCCN(C)C)C1. The van der Waals surface area contributed by atoms with Crippen molar-refractivity contribution in [2.24, 2.45) is 0 Å². The number of carbonyl (C=O) groups is 2. The highest BCUT2D eigenvalue weighted by Gasteiger charge is 2.39. The van der Waals surface area contributed by atoms with Gasteiger partial charge in [-0.1, -0.05) is 0 Å². The Morgan fingerprint density at radius 3 is 2.67 bits per heavy atom. The molecule has 0 aromatic heterocycles. The van der Waals surface area contributed by atoms with E-state index >= 15 is 0 Å². The van der Waals surface area contributed by atoms with Crippen molar-refractivity contribution in [3.63, 3.8) is 0 Å². The van der Waals surface area contributed by atoms with Crippen molar-refractivity contribution in [2.75, 3.05) is 40.8 Å². The van der Waals surface area contributed by atoms with Gasteiger partial charge in [0.1, 0.15) is 6.04 Å². The molecule has 2 unspecified atom stereocenters. The lowest BCUT2D eigenvalue weighted by molar-refractivity contribution is -0.141. The van der Waals surface area contributed by atoms with Crippen molar-refractivity contribution in [2.45, 2.75) is 18.6 Å². The van der Waals surface area contributed by atoms with Gasteiger partial charge in [0.25, 0.3) is 0 Å². The molecule has 7 nitrogen and oxygen atoms in total. The number of ether oxygens (including phenoxy) is 1. The van der Waals surface area contributed by atoms with Gasteiger partial charge < -0.3 is 25.0 Å². The van der Waals surface area contributed by atoms with Crippen LogP contribution in [0.15, 0.2) is 0 Å². The van der Waals surface area contributed by atoms with Crippen molar-refractivity contribution < 1.29 is 19.4 Å². The van der Waals surface area contributed by atoms with E-state index in [4.69, 9.17) is 9.84 Å². The number of carboxylic acids is 1. The third-order valence-corrected chi connectivity index (χ3v) is 2.98. The Balaban J connectivity index is 2.51. The highest BCUT2D eigenvalue weighted by atomic mass is 16.5. The molecule has 0 saturated carbocycles. The molecule has 0 radical (unpaired) electrons. The van der Waals surface area contributed by atoms with E-state index in [-0.39, 0.29) is 12.1 Å². The van der Waals surface area contributed by atoms with E-state index < -0.39 is 12.0 Å². The summed E-state index contributed by atoms with van der Waals surface area (Å²) in [6.07, 6.45) is 0.137. The molecular weight excluding hydrogens is 238 g/mol. The summed E-state index contributed by atoms with van der Waals surface area (Å²) in [6, 6.07) is -1.14. The van der Waals surface area contributed by atoms with E-state index in [0.717, 1.165) is 0 Å². The van der Waals surface area contributed by atoms with E-state index in [0.29, 0.717) is 26.1 Å². The lowest BCUT2D eigenvalue weighted by atomic mass is 10.2. The molecule has 18 heavy (non-hydrogen) atoms. The maximum absolute atomic E-state index is 11.9. The molecule has 0 bridgehead atoms. The van der Waals surface area contributed by atoms with Crippen LogP contribution in [0.1, 0.15) is 6.42 Å². The second-order valence-electron chi connectivity index (χ2n) is 4.64. The Bertz CT molecular complexity index is 309. The van der Waals surface area contributed by atoms with Gasteiger partial charge in [0, 0.05) is 33.2 Å². The zero-order chi connectivity index (χ0) is 13.7. The number of urea groups is 1. The van der Waals surface area contributed by atoms with Gasteiger partial charge in [0.05, 0.1) is 6.10 Å². The van der Waals surface area contributed by atoms with E-state index in [1.807, 2.05) is 19.0 Å². The zero-order valence-corrected chi connectivity index (χ0v) is 11.0. The smallest absolute Gasteiger partial charge is 0.326 e. The number of nitrogens with zero attached hydrogens (tertiary/aromatic N) is 2. The molecule has 0 aromatic rings. The summed E-state index contributed by atoms with van der Waals surface area (Å²) in [4.78, 5) is 26.2. The third kappa shape index (κ3) is 3.85. The molecule has 2 N–H and O–H groups in total. The first-order valence-corrected chi connectivity index (χ1v) is 5.90. The van der Waals surface area contributed by atoms with Gasteiger partial charge in [0.15, 0.2) is 0 Å². The van der Waals surface area contributed by atoms with E-state index in [9.17, 15) is 9.59 Å². The minimum atomic E-state index is -0.989.